The van der Waals surface area contributed by atoms with Crippen molar-refractivity contribution in [1.29, 1.82) is 0 Å². The first-order valence-electron chi connectivity index (χ1n) is 8.27. The van der Waals surface area contributed by atoms with E-state index in [1.165, 1.54) is 12.1 Å². The number of halogens is 2. The van der Waals surface area contributed by atoms with Crippen LogP contribution < -0.4 is 0 Å². The molecule has 0 aliphatic heterocycles. The van der Waals surface area contributed by atoms with Gasteiger partial charge in [0.15, 0.2) is 0 Å². The molecule has 3 aromatic rings. The molecule has 2 aromatic carbocycles. The Bertz CT molecular complexity index is 1030. The van der Waals surface area contributed by atoms with Crippen LogP contribution >= 0.6 is 15.9 Å². The summed E-state index contributed by atoms with van der Waals surface area (Å²) in [5.74, 6) is -0.765. The first-order chi connectivity index (χ1) is 13.0. The smallest absolute Gasteiger partial charge is 0.354 e. The topological polar surface area (TPSA) is 35.6 Å². The monoisotopic (exact) mass is 426 g/mol. The molecular weight excluding hydrogens is 411 g/mol. The van der Waals surface area contributed by atoms with Gasteiger partial charge in [-0.1, -0.05) is 36.4 Å². The third-order valence-corrected chi connectivity index (χ3v) is 5.14. The van der Waals surface area contributed by atoms with E-state index in [2.05, 4.69) is 20.8 Å². The summed E-state index contributed by atoms with van der Waals surface area (Å²) in [6.45, 7) is 9.51. The van der Waals surface area contributed by atoms with Gasteiger partial charge in [0.25, 0.3) is 0 Å². The highest BCUT2D eigenvalue weighted by Gasteiger charge is 2.26. The summed E-state index contributed by atoms with van der Waals surface area (Å²) in [6.07, 6.45) is 0. The van der Waals surface area contributed by atoms with E-state index >= 15 is 0 Å². The van der Waals surface area contributed by atoms with Gasteiger partial charge < -0.3 is 9.30 Å². The third-order valence-electron chi connectivity index (χ3n) is 4.23. The van der Waals surface area contributed by atoms with Gasteiger partial charge in [-0.3, -0.25) is 0 Å². The molecule has 0 fully saturated rings. The van der Waals surface area contributed by atoms with E-state index in [1.54, 1.807) is 30.7 Å². The number of carbonyl (C=O) groups is 1. The molecule has 0 aliphatic carbocycles. The second-order valence-corrected chi connectivity index (χ2v) is 6.59. The minimum absolute atomic E-state index is 0.248. The normalized spacial score (nSPS) is 10.5. The molecule has 27 heavy (non-hydrogen) atoms. The lowest BCUT2D eigenvalue weighted by molar-refractivity contribution is 0.0516. The van der Waals surface area contributed by atoms with Gasteiger partial charge in [0, 0.05) is 12.6 Å². The zero-order valence-electron chi connectivity index (χ0n) is 14.8. The van der Waals surface area contributed by atoms with Crippen molar-refractivity contribution >= 4 is 27.6 Å². The molecule has 0 amide bonds. The number of nitrogens with zero attached hydrogens (tertiary/aromatic N) is 2. The van der Waals surface area contributed by atoms with Crippen molar-refractivity contribution in [3.8, 4) is 22.3 Å². The molecule has 3 rings (SSSR count). The Labute approximate surface area is 165 Å². The van der Waals surface area contributed by atoms with Crippen LogP contribution in [0.25, 0.3) is 27.1 Å². The van der Waals surface area contributed by atoms with Crippen molar-refractivity contribution in [1.82, 2.24) is 4.57 Å². The lowest BCUT2D eigenvalue weighted by Crippen LogP contribution is -2.11. The number of hydrogen-bond acceptors (Lipinski definition) is 2. The fourth-order valence-corrected chi connectivity index (χ4v) is 3.39. The zero-order chi connectivity index (χ0) is 19.6. The van der Waals surface area contributed by atoms with Crippen LogP contribution in [0.15, 0.2) is 53.1 Å². The predicted molar refractivity (Wildman–Crippen MR) is 106 cm³/mol. The quantitative estimate of drug-likeness (QED) is 0.379. The highest BCUT2D eigenvalue weighted by atomic mass is 79.9. The molecule has 0 saturated heterocycles. The van der Waals surface area contributed by atoms with Crippen LogP contribution in [-0.2, 0) is 11.8 Å². The van der Waals surface area contributed by atoms with Crippen LogP contribution in [0.5, 0.6) is 0 Å². The minimum Gasteiger partial charge on any atom is -0.461 e. The molecule has 0 N–H and O–H groups in total. The van der Waals surface area contributed by atoms with E-state index < -0.39 is 5.97 Å². The Kier molecular flexibility index (Phi) is 5.43. The van der Waals surface area contributed by atoms with Gasteiger partial charge in [-0.15, -0.1) is 0 Å². The predicted octanol–water partition coefficient (Wildman–Crippen LogP) is 5.99. The average molecular weight is 427 g/mol. The molecule has 1 aromatic heterocycles. The van der Waals surface area contributed by atoms with Gasteiger partial charge in [-0.25, -0.2) is 14.0 Å². The van der Waals surface area contributed by atoms with Gasteiger partial charge in [0.2, 0.25) is 5.69 Å². The zero-order valence-corrected chi connectivity index (χ0v) is 16.4. The summed E-state index contributed by atoms with van der Waals surface area (Å²) in [6, 6.07) is 13.7. The van der Waals surface area contributed by atoms with Crippen LogP contribution in [0.1, 0.15) is 17.4 Å². The molecule has 0 unspecified atom stereocenters. The maximum Gasteiger partial charge on any atom is 0.354 e. The fraction of sp³-hybridized carbons (Fsp3) is 0.143. The number of esters is 1. The summed E-state index contributed by atoms with van der Waals surface area (Å²) in [4.78, 5) is 16.1. The van der Waals surface area contributed by atoms with E-state index in [9.17, 15) is 9.18 Å². The Hall–Kier alpha value is -2.91. The molecule has 0 bridgehead atoms. The number of ether oxygens (including phenoxy) is 1. The summed E-state index contributed by atoms with van der Waals surface area (Å²) in [5, 5.41) is 0. The molecule has 1 heterocycles. The summed E-state index contributed by atoms with van der Waals surface area (Å²) in [5.41, 5.74) is 3.74. The molecule has 0 radical (unpaired) electrons. The van der Waals surface area contributed by atoms with E-state index in [0.717, 1.165) is 16.7 Å². The fourth-order valence-electron chi connectivity index (χ4n) is 2.93. The summed E-state index contributed by atoms with van der Waals surface area (Å²) < 4.78 is 20.4. The lowest BCUT2D eigenvalue weighted by atomic mass is 9.99. The van der Waals surface area contributed by atoms with Crippen LogP contribution in [0, 0.1) is 12.4 Å². The number of carbonyl (C=O) groups excluding carboxylic acids is 1. The van der Waals surface area contributed by atoms with E-state index in [-0.39, 0.29) is 12.4 Å². The first kappa shape index (κ1) is 18.9. The second kappa shape index (κ2) is 7.77. The Balaban J connectivity index is 2.11. The van der Waals surface area contributed by atoms with E-state index in [0.29, 0.717) is 21.5 Å². The maximum absolute atomic E-state index is 13.1. The Morgan fingerprint density at radius 2 is 1.63 bits per heavy atom. The molecule has 6 heteroatoms. The molecular formula is C21H16BrFN2O2. The van der Waals surface area contributed by atoms with Gasteiger partial charge in [-0.05, 0) is 51.7 Å². The van der Waals surface area contributed by atoms with Crippen molar-refractivity contribution in [2.75, 3.05) is 6.61 Å². The largest absolute Gasteiger partial charge is 0.461 e. The molecule has 136 valence electrons. The van der Waals surface area contributed by atoms with E-state index in [4.69, 9.17) is 11.3 Å². The molecule has 4 nitrogen and oxygen atoms in total. The van der Waals surface area contributed by atoms with Gasteiger partial charge >= 0.3 is 5.97 Å². The maximum atomic E-state index is 13.1. The number of hydrogen-bond donors (Lipinski definition) is 0. The number of aromatic nitrogens is 1. The second-order valence-electron chi connectivity index (χ2n) is 5.84. The highest BCUT2D eigenvalue weighted by molar-refractivity contribution is 9.10. The highest BCUT2D eigenvalue weighted by Crippen LogP contribution is 2.42. The SMILES string of the molecule is [C-]#[N+]c1c(-c2ccc(-c3ccc(F)cc3)cc2)c(C(=O)OCC)n(C)c1Br. The van der Waals surface area contributed by atoms with Crippen LogP contribution in [0.3, 0.4) is 0 Å². The van der Waals surface area contributed by atoms with Crippen LogP contribution in [0.2, 0.25) is 0 Å². The first-order valence-corrected chi connectivity index (χ1v) is 9.06. The Morgan fingerprint density at radius 1 is 1.11 bits per heavy atom. The lowest BCUT2D eigenvalue weighted by Gasteiger charge is -2.09. The van der Waals surface area contributed by atoms with Crippen LogP contribution in [-0.4, -0.2) is 17.1 Å². The third kappa shape index (κ3) is 3.51. The van der Waals surface area contributed by atoms with Crippen molar-refractivity contribution in [3.63, 3.8) is 0 Å². The van der Waals surface area contributed by atoms with Crippen LogP contribution in [0.4, 0.5) is 10.1 Å². The molecule has 0 spiro atoms. The molecule has 0 saturated carbocycles. The molecule has 0 atom stereocenters. The summed E-state index contributed by atoms with van der Waals surface area (Å²) >= 11 is 3.39. The average Bonchev–Trinajstić information content (AvgIpc) is 2.93. The van der Waals surface area contributed by atoms with Crippen molar-refractivity contribution < 1.29 is 13.9 Å². The van der Waals surface area contributed by atoms with Gasteiger partial charge in [0.05, 0.1) is 17.8 Å². The number of benzene rings is 2. The Morgan fingerprint density at radius 3 is 2.15 bits per heavy atom. The summed E-state index contributed by atoms with van der Waals surface area (Å²) in [7, 11) is 1.71. The van der Waals surface area contributed by atoms with Crippen molar-refractivity contribution in [2.24, 2.45) is 7.05 Å². The van der Waals surface area contributed by atoms with Gasteiger partial charge in [-0.2, -0.15) is 0 Å². The van der Waals surface area contributed by atoms with E-state index in [1.807, 2.05) is 24.3 Å². The van der Waals surface area contributed by atoms with Crippen molar-refractivity contribution in [2.45, 2.75) is 6.92 Å². The van der Waals surface area contributed by atoms with Crippen molar-refractivity contribution in [3.05, 3.63) is 76.1 Å². The van der Waals surface area contributed by atoms with Gasteiger partial charge in [0.1, 0.15) is 11.5 Å². The molecule has 0 aliphatic rings. The minimum atomic E-state index is -0.479. The number of rotatable bonds is 4. The standard InChI is InChI=1S/C21H16BrFN2O2/c1-4-27-21(26)19-17(18(24-2)20(22)25(19)3)15-7-5-13(6-8-15)14-9-11-16(23)12-10-14/h5-12H,4H2,1,3H3.